The zero-order valence-corrected chi connectivity index (χ0v) is 13.1. The number of ether oxygens (including phenoxy) is 1. The fourth-order valence-corrected chi connectivity index (χ4v) is 2.53. The minimum atomic E-state index is 0.131. The smallest absolute Gasteiger partial charge is 0.119 e. The molecule has 2 aromatic rings. The Bertz CT molecular complexity index is 545. The number of benzene rings is 1. The Labute approximate surface area is 128 Å². The first-order valence-electron chi connectivity index (χ1n) is 6.66. The summed E-state index contributed by atoms with van der Waals surface area (Å²) in [5.41, 5.74) is 8.70. The first-order chi connectivity index (χ1) is 9.69. The number of hydrogen-bond donors (Lipinski definition) is 1. The lowest BCUT2D eigenvalue weighted by molar-refractivity contribution is 0.414. The summed E-state index contributed by atoms with van der Waals surface area (Å²) in [5, 5.41) is 0. The van der Waals surface area contributed by atoms with Crippen LogP contribution in [0.5, 0.6) is 5.75 Å². The minimum absolute atomic E-state index is 0.131. The van der Waals surface area contributed by atoms with Crippen LogP contribution in [0.1, 0.15) is 17.5 Å². The van der Waals surface area contributed by atoms with Gasteiger partial charge in [0.1, 0.15) is 5.75 Å². The number of nitrogens with two attached hydrogens (primary N) is 1. The zero-order chi connectivity index (χ0) is 14.4. The molecule has 1 aromatic carbocycles. The minimum Gasteiger partial charge on any atom is -0.497 e. The molecule has 106 valence electrons. The second-order valence-electron chi connectivity index (χ2n) is 4.82. The molecule has 0 radical (unpaired) electrons. The van der Waals surface area contributed by atoms with Crippen LogP contribution in [0.3, 0.4) is 0 Å². The molecule has 1 unspecified atom stereocenters. The Morgan fingerprint density at radius 3 is 2.70 bits per heavy atom. The third kappa shape index (κ3) is 4.32. The van der Waals surface area contributed by atoms with Crippen molar-refractivity contribution in [2.45, 2.75) is 25.3 Å². The van der Waals surface area contributed by atoms with E-state index in [9.17, 15) is 0 Å². The Morgan fingerprint density at radius 1 is 1.25 bits per heavy atom. The number of aromatic nitrogens is 1. The maximum absolute atomic E-state index is 6.24. The molecule has 2 N–H and O–H groups in total. The van der Waals surface area contributed by atoms with Crippen molar-refractivity contribution in [3.8, 4) is 5.75 Å². The van der Waals surface area contributed by atoms with Gasteiger partial charge in [-0.2, -0.15) is 0 Å². The third-order valence-corrected chi connectivity index (χ3v) is 4.06. The van der Waals surface area contributed by atoms with Gasteiger partial charge < -0.3 is 10.5 Å². The van der Waals surface area contributed by atoms with Gasteiger partial charge in [-0.1, -0.05) is 15.9 Å². The van der Waals surface area contributed by atoms with Gasteiger partial charge in [-0.15, -0.1) is 0 Å². The monoisotopic (exact) mass is 334 g/mol. The normalized spacial score (nSPS) is 12.2. The fraction of sp³-hybridized carbons (Fsp3) is 0.312. The lowest BCUT2D eigenvalue weighted by Gasteiger charge is -2.14. The maximum atomic E-state index is 6.24. The van der Waals surface area contributed by atoms with Crippen molar-refractivity contribution in [1.29, 1.82) is 0 Å². The summed E-state index contributed by atoms with van der Waals surface area (Å²) < 4.78 is 6.33. The summed E-state index contributed by atoms with van der Waals surface area (Å²) in [6, 6.07) is 10.2. The van der Waals surface area contributed by atoms with E-state index in [-0.39, 0.29) is 6.04 Å². The van der Waals surface area contributed by atoms with Crippen LogP contribution in [0, 0.1) is 0 Å². The SMILES string of the molecule is COc1ccc(Br)c(CC(N)CCc2ccncc2)c1. The zero-order valence-electron chi connectivity index (χ0n) is 11.6. The van der Waals surface area contributed by atoms with Crippen molar-refractivity contribution >= 4 is 15.9 Å². The molecule has 0 amide bonds. The lowest BCUT2D eigenvalue weighted by Crippen LogP contribution is -2.23. The molecule has 4 heteroatoms. The quantitative estimate of drug-likeness (QED) is 0.881. The number of hydrogen-bond acceptors (Lipinski definition) is 3. The highest BCUT2D eigenvalue weighted by molar-refractivity contribution is 9.10. The highest BCUT2D eigenvalue weighted by Gasteiger charge is 2.09. The number of methoxy groups -OCH3 is 1. The Morgan fingerprint density at radius 2 is 2.00 bits per heavy atom. The average Bonchev–Trinajstić information content (AvgIpc) is 2.48. The van der Waals surface area contributed by atoms with Crippen LogP contribution < -0.4 is 10.5 Å². The van der Waals surface area contributed by atoms with E-state index in [4.69, 9.17) is 10.5 Å². The molecule has 0 saturated carbocycles. The molecule has 0 saturated heterocycles. The molecule has 20 heavy (non-hydrogen) atoms. The molecular formula is C16H19BrN2O. The second-order valence-corrected chi connectivity index (χ2v) is 5.67. The molecule has 2 rings (SSSR count). The summed E-state index contributed by atoms with van der Waals surface area (Å²) in [4.78, 5) is 4.02. The molecule has 0 bridgehead atoms. The highest BCUT2D eigenvalue weighted by Crippen LogP contribution is 2.24. The number of nitrogens with zero attached hydrogens (tertiary/aromatic N) is 1. The molecule has 0 spiro atoms. The van der Waals surface area contributed by atoms with Crippen LogP contribution in [0.15, 0.2) is 47.2 Å². The van der Waals surface area contributed by atoms with Crippen LogP contribution >= 0.6 is 15.9 Å². The molecule has 0 aliphatic rings. The number of aryl methyl sites for hydroxylation is 1. The molecule has 0 fully saturated rings. The fourth-order valence-electron chi connectivity index (χ4n) is 2.12. The van der Waals surface area contributed by atoms with Crippen molar-refractivity contribution in [2.75, 3.05) is 7.11 Å². The van der Waals surface area contributed by atoms with Gasteiger partial charge in [-0.25, -0.2) is 0 Å². The van der Waals surface area contributed by atoms with Crippen molar-refractivity contribution in [3.63, 3.8) is 0 Å². The van der Waals surface area contributed by atoms with E-state index in [1.807, 2.05) is 42.7 Å². The van der Waals surface area contributed by atoms with Crippen LogP contribution in [0.25, 0.3) is 0 Å². The van der Waals surface area contributed by atoms with Crippen molar-refractivity contribution in [3.05, 3.63) is 58.3 Å². The number of rotatable bonds is 6. The van der Waals surface area contributed by atoms with Gasteiger partial charge >= 0.3 is 0 Å². The number of pyridine rings is 1. The molecule has 0 aliphatic carbocycles. The summed E-state index contributed by atoms with van der Waals surface area (Å²) in [5.74, 6) is 0.865. The van der Waals surface area contributed by atoms with Gasteiger partial charge in [0.25, 0.3) is 0 Å². The Kier molecular flexibility index (Phi) is 5.56. The predicted octanol–water partition coefficient (Wildman–Crippen LogP) is 3.36. The van der Waals surface area contributed by atoms with Crippen molar-refractivity contribution in [1.82, 2.24) is 4.98 Å². The van der Waals surface area contributed by atoms with Gasteiger partial charge in [0.05, 0.1) is 7.11 Å². The Balaban J connectivity index is 1.92. The average molecular weight is 335 g/mol. The molecule has 1 heterocycles. The van der Waals surface area contributed by atoms with Crippen LogP contribution in [-0.4, -0.2) is 18.1 Å². The van der Waals surface area contributed by atoms with Crippen molar-refractivity contribution < 1.29 is 4.74 Å². The van der Waals surface area contributed by atoms with Gasteiger partial charge in [0.15, 0.2) is 0 Å². The third-order valence-electron chi connectivity index (χ3n) is 3.29. The first kappa shape index (κ1) is 15.0. The van der Waals surface area contributed by atoms with Gasteiger partial charge in [0.2, 0.25) is 0 Å². The van der Waals surface area contributed by atoms with E-state index in [2.05, 4.69) is 20.9 Å². The largest absolute Gasteiger partial charge is 0.497 e. The van der Waals surface area contributed by atoms with Crippen LogP contribution in [0.4, 0.5) is 0 Å². The lowest BCUT2D eigenvalue weighted by atomic mass is 10.00. The van der Waals surface area contributed by atoms with E-state index in [0.29, 0.717) is 0 Å². The molecule has 1 atom stereocenters. The van der Waals surface area contributed by atoms with Crippen molar-refractivity contribution in [2.24, 2.45) is 5.73 Å². The molecular weight excluding hydrogens is 316 g/mol. The second kappa shape index (κ2) is 7.41. The van der Waals surface area contributed by atoms with Gasteiger partial charge in [-0.05, 0) is 60.7 Å². The van der Waals surface area contributed by atoms with Crippen LogP contribution in [-0.2, 0) is 12.8 Å². The first-order valence-corrected chi connectivity index (χ1v) is 7.45. The Hall–Kier alpha value is -1.39. The van der Waals surface area contributed by atoms with Crippen LogP contribution in [0.2, 0.25) is 0 Å². The van der Waals surface area contributed by atoms with E-state index in [1.54, 1.807) is 7.11 Å². The maximum Gasteiger partial charge on any atom is 0.119 e. The summed E-state index contributed by atoms with van der Waals surface area (Å²) in [6.45, 7) is 0. The van der Waals surface area contributed by atoms with E-state index < -0.39 is 0 Å². The molecule has 1 aromatic heterocycles. The summed E-state index contributed by atoms with van der Waals surface area (Å²) >= 11 is 3.56. The van der Waals surface area contributed by atoms with E-state index in [0.717, 1.165) is 29.5 Å². The highest BCUT2D eigenvalue weighted by atomic mass is 79.9. The number of halogens is 1. The van der Waals surface area contributed by atoms with E-state index in [1.165, 1.54) is 11.1 Å². The van der Waals surface area contributed by atoms with Gasteiger partial charge in [-0.3, -0.25) is 4.98 Å². The summed E-state index contributed by atoms with van der Waals surface area (Å²) in [7, 11) is 1.68. The predicted molar refractivity (Wildman–Crippen MR) is 84.9 cm³/mol. The topological polar surface area (TPSA) is 48.1 Å². The summed E-state index contributed by atoms with van der Waals surface area (Å²) in [6.07, 6.45) is 6.40. The standard InChI is InChI=1S/C16H19BrN2O/c1-20-15-4-5-16(17)13(11-15)10-14(18)3-2-12-6-8-19-9-7-12/h4-9,11,14H,2-3,10,18H2,1H3. The van der Waals surface area contributed by atoms with Gasteiger partial charge in [0, 0.05) is 22.9 Å². The molecule has 3 nitrogen and oxygen atoms in total. The molecule has 0 aliphatic heterocycles. The van der Waals surface area contributed by atoms with E-state index >= 15 is 0 Å².